The van der Waals surface area contributed by atoms with Gasteiger partial charge in [0.15, 0.2) is 11.5 Å². The maximum Gasteiger partial charge on any atom is 0.335 e. The van der Waals surface area contributed by atoms with E-state index < -0.39 is 5.97 Å². The number of thiocarbonyl (C=S) groups is 1. The summed E-state index contributed by atoms with van der Waals surface area (Å²) in [6, 6.07) is 16.2. The van der Waals surface area contributed by atoms with Crippen LogP contribution in [0.2, 0.25) is 0 Å². The highest BCUT2D eigenvalue weighted by Gasteiger charge is 2.31. The first-order valence-electron chi connectivity index (χ1n) is 14.8. The van der Waals surface area contributed by atoms with Crippen LogP contribution in [0.3, 0.4) is 0 Å². The van der Waals surface area contributed by atoms with E-state index in [0.717, 1.165) is 55.1 Å². The van der Waals surface area contributed by atoms with Gasteiger partial charge in [-0.3, -0.25) is 14.6 Å². The second-order valence-electron chi connectivity index (χ2n) is 10.6. The number of hydrogen-bond acceptors (Lipinski definition) is 10. The van der Waals surface area contributed by atoms with Gasteiger partial charge in [-0.05, 0) is 65.6 Å². The van der Waals surface area contributed by atoms with E-state index in [2.05, 4.69) is 4.90 Å². The van der Waals surface area contributed by atoms with Gasteiger partial charge in [-0.15, -0.1) is 0 Å². The van der Waals surface area contributed by atoms with Gasteiger partial charge in [0, 0.05) is 31.7 Å². The Morgan fingerprint density at radius 3 is 2.28 bits per heavy atom. The summed E-state index contributed by atoms with van der Waals surface area (Å²) in [5.41, 5.74) is 3.54. The molecule has 0 atom stereocenters. The topological polar surface area (TPSA) is 107 Å². The van der Waals surface area contributed by atoms with Crippen molar-refractivity contribution in [2.45, 2.75) is 6.42 Å². The first kappa shape index (κ1) is 33.3. The molecule has 2 saturated heterocycles. The van der Waals surface area contributed by atoms with Gasteiger partial charge in [0.2, 0.25) is 5.75 Å². The Morgan fingerprint density at radius 2 is 1.65 bits per heavy atom. The lowest BCUT2D eigenvalue weighted by Gasteiger charge is -2.26. The number of rotatable bonds is 13. The molecule has 1 amide bonds. The maximum absolute atomic E-state index is 13.4. The molecule has 5 rings (SSSR count). The summed E-state index contributed by atoms with van der Waals surface area (Å²) in [5, 5.41) is 9.14. The number of carbonyl (C=O) groups is 2. The van der Waals surface area contributed by atoms with E-state index in [1.807, 2.05) is 36.4 Å². The molecule has 3 aromatic rings. The second kappa shape index (κ2) is 15.5. The molecule has 46 heavy (non-hydrogen) atoms. The molecule has 2 aliphatic rings. The third kappa shape index (κ3) is 7.81. The van der Waals surface area contributed by atoms with E-state index in [1.165, 1.54) is 11.8 Å². The third-order valence-electron chi connectivity index (χ3n) is 7.74. The van der Waals surface area contributed by atoms with Gasteiger partial charge in [-0.25, -0.2) is 4.79 Å². The molecule has 0 unspecified atom stereocenters. The number of carboxylic acid groups (broad SMARTS) is 1. The highest BCUT2D eigenvalue weighted by atomic mass is 32.2. The van der Waals surface area contributed by atoms with Gasteiger partial charge in [0.25, 0.3) is 5.91 Å². The standard InChI is InChI=1S/C34H36N2O8S2/c1-40-28-20-25(21-29(41-2)31(28)42-3)26-18-23(6-9-27(26)44-17-14-35-12-15-43-16-13-35)19-30-32(37)36(34(45)46-30)11-10-22-4-7-24(8-5-22)33(38)39/h4-9,18-21H,10-17H2,1-3H3,(H,38,39)/b30-19-. The van der Waals surface area contributed by atoms with Crippen molar-refractivity contribution in [2.75, 3.05) is 67.3 Å². The second-order valence-corrected chi connectivity index (χ2v) is 12.2. The van der Waals surface area contributed by atoms with Crippen molar-refractivity contribution in [3.8, 4) is 34.1 Å². The zero-order chi connectivity index (χ0) is 32.6. The van der Waals surface area contributed by atoms with Crippen molar-refractivity contribution < 1.29 is 38.4 Å². The Hall–Kier alpha value is -4.10. The molecule has 10 nitrogen and oxygen atoms in total. The van der Waals surface area contributed by atoms with Crippen LogP contribution in [0.5, 0.6) is 23.0 Å². The zero-order valence-electron chi connectivity index (χ0n) is 25.9. The number of aromatic carboxylic acids is 1. The smallest absolute Gasteiger partial charge is 0.335 e. The molecule has 1 N–H and O–H groups in total. The summed E-state index contributed by atoms with van der Waals surface area (Å²) < 4.78 is 29.0. The van der Waals surface area contributed by atoms with Gasteiger partial charge in [-0.2, -0.15) is 0 Å². The summed E-state index contributed by atoms with van der Waals surface area (Å²) in [6.07, 6.45) is 2.38. The fourth-order valence-corrected chi connectivity index (χ4v) is 6.54. The van der Waals surface area contributed by atoms with Gasteiger partial charge >= 0.3 is 5.97 Å². The van der Waals surface area contributed by atoms with Crippen LogP contribution in [-0.4, -0.2) is 98.4 Å². The van der Waals surface area contributed by atoms with Crippen LogP contribution in [0.15, 0.2) is 59.5 Å². The van der Waals surface area contributed by atoms with Gasteiger partial charge in [0.1, 0.15) is 16.7 Å². The number of thioether (sulfide) groups is 1. The van der Waals surface area contributed by atoms with Gasteiger partial charge in [-0.1, -0.05) is 42.2 Å². The van der Waals surface area contributed by atoms with E-state index in [0.29, 0.717) is 51.8 Å². The van der Waals surface area contributed by atoms with E-state index in [-0.39, 0.29) is 11.5 Å². The lowest BCUT2D eigenvalue weighted by Crippen LogP contribution is -2.38. The summed E-state index contributed by atoms with van der Waals surface area (Å²) in [4.78, 5) is 29.0. The Balaban J connectivity index is 1.39. The molecule has 0 saturated carbocycles. The highest BCUT2D eigenvalue weighted by Crippen LogP contribution is 2.44. The van der Waals surface area contributed by atoms with E-state index in [9.17, 15) is 9.59 Å². The average molecular weight is 665 g/mol. The van der Waals surface area contributed by atoms with Crippen LogP contribution in [0.1, 0.15) is 21.5 Å². The molecule has 0 radical (unpaired) electrons. The molecule has 3 aromatic carbocycles. The molecule has 12 heteroatoms. The summed E-state index contributed by atoms with van der Waals surface area (Å²) in [7, 11) is 4.71. The average Bonchev–Trinajstić information content (AvgIpc) is 3.34. The predicted molar refractivity (Wildman–Crippen MR) is 181 cm³/mol. The molecule has 0 aliphatic carbocycles. The molecule has 2 aliphatic heterocycles. The SMILES string of the molecule is COc1cc(-c2cc(/C=C3\SC(=S)N(CCc4ccc(C(=O)O)cc4)C3=O)ccc2OCCN2CCOCC2)cc(OC)c1OC. The molecule has 0 bridgehead atoms. The number of hydrogen-bond donors (Lipinski definition) is 1. The predicted octanol–water partition coefficient (Wildman–Crippen LogP) is 5.23. The quantitative estimate of drug-likeness (QED) is 0.192. The number of benzene rings is 3. The molecule has 242 valence electrons. The number of carbonyl (C=O) groups excluding carboxylic acids is 1. The maximum atomic E-state index is 13.4. The van der Waals surface area contributed by atoms with Gasteiger partial charge in [0.05, 0.1) is 45.0 Å². The number of nitrogens with zero attached hydrogens (tertiary/aromatic N) is 2. The fraction of sp³-hybridized carbons (Fsp3) is 0.324. The van der Waals surface area contributed by atoms with Crippen molar-refractivity contribution in [3.05, 3.63) is 76.2 Å². The van der Waals surface area contributed by atoms with Crippen molar-refractivity contribution in [1.29, 1.82) is 0 Å². The van der Waals surface area contributed by atoms with Crippen LogP contribution >= 0.6 is 24.0 Å². The fourth-order valence-electron chi connectivity index (χ4n) is 5.23. The number of morpholine rings is 1. The Kier molecular flexibility index (Phi) is 11.2. The largest absolute Gasteiger partial charge is 0.493 e. The molecular weight excluding hydrogens is 629 g/mol. The normalized spacial score (nSPS) is 16.2. The van der Waals surface area contributed by atoms with Crippen LogP contribution in [0, 0.1) is 0 Å². The van der Waals surface area contributed by atoms with Crippen LogP contribution in [-0.2, 0) is 16.0 Å². The monoisotopic (exact) mass is 664 g/mol. The van der Waals surface area contributed by atoms with Crippen molar-refractivity contribution in [3.63, 3.8) is 0 Å². The molecule has 0 aromatic heterocycles. The minimum atomic E-state index is -0.977. The lowest BCUT2D eigenvalue weighted by molar-refractivity contribution is -0.122. The number of carboxylic acids is 1. The summed E-state index contributed by atoms with van der Waals surface area (Å²) >= 11 is 6.82. The zero-order valence-corrected chi connectivity index (χ0v) is 27.6. The van der Waals surface area contributed by atoms with Crippen LogP contribution in [0.4, 0.5) is 0 Å². The Bertz CT molecular complexity index is 1590. The van der Waals surface area contributed by atoms with Crippen molar-refractivity contribution in [2.24, 2.45) is 0 Å². The minimum Gasteiger partial charge on any atom is -0.493 e. The Labute approximate surface area is 277 Å². The highest BCUT2D eigenvalue weighted by molar-refractivity contribution is 8.26. The molecular formula is C34H36N2O8S2. The van der Waals surface area contributed by atoms with Crippen molar-refractivity contribution >= 4 is 46.3 Å². The third-order valence-corrected chi connectivity index (χ3v) is 9.12. The van der Waals surface area contributed by atoms with Crippen LogP contribution in [0.25, 0.3) is 17.2 Å². The van der Waals surface area contributed by atoms with E-state index in [4.69, 9.17) is 41.0 Å². The van der Waals surface area contributed by atoms with E-state index >= 15 is 0 Å². The molecule has 2 heterocycles. The van der Waals surface area contributed by atoms with Crippen LogP contribution < -0.4 is 18.9 Å². The van der Waals surface area contributed by atoms with Crippen molar-refractivity contribution in [1.82, 2.24) is 9.80 Å². The Morgan fingerprint density at radius 1 is 0.957 bits per heavy atom. The molecule has 2 fully saturated rings. The number of methoxy groups -OCH3 is 3. The van der Waals surface area contributed by atoms with Gasteiger partial charge < -0.3 is 28.8 Å². The minimum absolute atomic E-state index is 0.169. The number of ether oxygens (including phenoxy) is 5. The lowest BCUT2D eigenvalue weighted by atomic mass is 10.0. The first-order chi connectivity index (χ1) is 22.3. The molecule has 0 spiro atoms. The number of amides is 1. The summed E-state index contributed by atoms with van der Waals surface area (Å²) in [6.45, 7) is 4.84. The summed E-state index contributed by atoms with van der Waals surface area (Å²) in [5.74, 6) is 1.05. The van der Waals surface area contributed by atoms with E-state index in [1.54, 1.807) is 50.5 Å². The first-order valence-corrected chi connectivity index (χ1v) is 16.0.